The Bertz CT molecular complexity index is 584. The van der Waals surface area contributed by atoms with E-state index in [1.54, 1.807) is 6.07 Å². The Morgan fingerprint density at radius 1 is 1.06 bits per heavy atom. The second-order valence-electron chi connectivity index (χ2n) is 4.10. The third-order valence-corrected chi connectivity index (χ3v) is 3.43. The van der Waals surface area contributed by atoms with Crippen LogP contribution >= 0.6 is 15.9 Å². The van der Waals surface area contributed by atoms with Crippen LogP contribution in [0, 0.1) is 18.6 Å². The molecule has 94 valence electrons. The number of aryl methyl sites for hydroxylation is 1. The molecule has 1 N–H and O–H groups in total. The van der Waals surface area contributed by atoms with Crippen LogP contribution in [0.5, 0.6) is 0 Å². The Hall–Kier alpha value is -1.26. The van der Waals surface area contributed by atoms with Gasteiger partial charge in [0.1, 0.15) is 6.10 Å². The van der Waals surface area contributed by atoms with E-state index in [4.69, 9.17) is 0 Å². The molecule has 2 aromatic rings. The van der Waals surface area contributed by atoms with E-state index >= 15 is 0 Å². The van der Waals surface area contributed by atoms with Gasteiger partial charge in [-0.15, -0.1) is 0 Å². The molecule has 0 radical (unpaired) electrons. The highest BCUT2D eigenvalue weighted by molar-refractivity contribution is 9.10. The first-order valence-corrected chi connectivity index (χ1v) is 6.17. The Labute approximate surface area is 112 Å². The molecule has 0 aromatic heterocycles. The topological polar surface area (TPSA) is 20.2 Å². The second kappa shape index (κ2) is 5.16. The van der Waals surface area contributed by atoms with Gasteiger partial charge in [-0.2, -0.15) is 0 Å². The van der Waals surface area contributed by atoms with Crippen LogP contribution in [0.2, 0.25) is 0 Å². The first-order valence-electron chi connectivity index (χ1n) is 5.38. The SMILES string of the molecule is Cc1ccc(Br)c(C(O)c2ccc(F)c(F)c2)c1. The van der Waals surface area contributed by atoms with Gasteiger partial charge in [-0.25, -0.2) is 8.78 Å². The minimum atomic E-state index is -0.991. The summed E-state index contributed by atoms with van der Waals surface area (Å²) in [6.45, 7) is 1.90. The molecule has 0 amide bonds. The lowest BCUT2D eigenvalue weighted by Gasteiger charge is -2.14. The summed E-state index contributed by atoms with van der Waals surface area (Å²) >= 11 is 3.33. The monoisotopic (exact) mass is 312 g/mol. The first-order chi connectivity index (χ1) is 8.49. The van der Waals surface area contributed by atoms with Gasteiger partial charge >= 0.3 is 0 Å². The van der Waals surface area contributed by atoms with Crippen LogP contribution in [-0.4, -0.2) is 5.11 Å². The molecule has 2 aromatic carbocycles. The minimum absolute atomic E-state index is 0.320. The zero-order valence-corrected chi connectivity index (χ0v) is 11.2. The van der Waals surface area contributed by atoms with Gasteiger partial charge in [-0.05, 0) is 36.2 Å². The third kappa shape index (κ3) is 2.60. The van der Waals surface area contributed by atoms with Crippen molar-refractivity contribution in [3.8, 4) is 0 Å². The van der Waals surface area contributed by atoms with Crippen molar-refractivity contribution in [2.45, 2.75) is 13.0 Å². The average molecular weight is 313 g/mol. The van der Waals surface area contributed by atoms with E-state index in [2.05, 4.69) is 15.9 Å². The molecule has 0 saturated carbocycles. The first kappa shape index (κ1) is 13.2. The molecule has 0 heterocycles. The molecule has 18 heavy (non-hydrogen) atoms. The fourth-order valence-corrected chi connectivity index (χ4v) is 2.20. The maximum Gasteiger partial charge on any atom is 0.159 e. The zero-order valence-electron chi connectivity index (χ0n) is 9.62. The second-order valence-corrected chi connectivity index (χ2v) is 4.96. The standard InChI is InChI=1S/C14H11BrF2O/c1-8-2-4-11(15)10(6-8)14(18)9-3-5-12(16)13(17)7-9/h2-7,14,18H,1H3. The summed E-state index contributed by atoms with van der Waals surface area (Å²) in [6, 6.07) is 8.90. The normalized spacial score (nSPS) is 12.5. The molecule has 0 saturated heterocycles. The maximum absolute atomic E-state index is 13.1. The number of halogens is 3. The lowest BCUT2D eigenvalue weighted by atomic mass is 10.00. The molecule has 4 heteroatoms. The smallest absolute Gasteiger partial charge is 0.159 e. The van der Waals surface area contributed by atoms with Crippen molar-refractivity contribution in [3.63, 3.8) is 0 Å². The van der Waals surface area contributed by atoms with Crippen LogP contribution < -0.4 is 0 Å². The molecule has 1 atom stereocenters. The Kier molecular flexibility index (Phi) is 3.78. The molecule has 1 unspecified atom stereocenters. The summed E-state index contributed by atoms with van der Waals surface area (Å²) in [5, 5.41) is 10.2. The van der Waals surface area contributed by atoms with E-state index in [0.29, 0.717) is 11.1 Å². The van der Waals surface area contributed by atoms with Gasteiger partial charge in [-0.1, -0.05) is 39.7 Å². The van der Waals surface area contributed by atoms with Crippen molar-refractivity contribution < 1.29 is 13.9 Å². The number of hydrogen-bond donors (Lipinski definition) is 1. The van der Waals surface area contributed by atoms with Crippen molar-refractivity contribution in [3.05, 3.63) is 69.2 Å². The number of benzene rings is 2. The van der Waals surface area contributed by atoms with Crippen molar-refractivity contribution in [2.24, 2.45) is 0 Å². The predicted molar refractivity (Wildman–Crippen MR) is 69.3 cm³/mol. The van der Waals surface area contributed by atoms with Crippen LogP contribution in [-0.2, 0) is 0 Å². The van der Waals surface area contributed by atoms with Gasteiger partial charge in [-0.3, -0.25) is 0 Å². The molecule has 0 bridgehead atoms. The van der Waals surface area contributed by atoms with Crippen molar-refractivity contribution in [1.82, 2.24) is 0 Å². The van der Waals surface area contributed by atoms with E-state index in [-0.39, 0.29) is 0 Å². The van der Waals surface area contributed by atoms with Crippen LogP contribution in [0.3, 0.4) is 0 Å². The van der Waals surface area contributed by atoms with Crippen molar-refractivity contribution >= 4 is 15.9 Å². The van der Waals surface area contributed by atoms with Crippen molar-refractivity contribution in [1.29, 1.82) is 0 Å². The molecule has 0 spiro atoms. The summed E-state index contributed by atoms with van der Waals surface area (Å²) in [4.78, 5) is 0. The van der Waals surface area contributed by atoms with E-state index in [1.807, 2.05) is 19.1 Å². The van der Waals surface area contributed by atoms with Crippen molar-refractivity contribution in [2.75, 3.05) is 0 Å². The highest BCUT2D eigenvalue weighted by Gasteiger charge is 2.15. The molecule has 2 rings (SSSR count). The summed E-state index contributed by atoms with van der Waals surface area (Å²) in [5.41, 5.74) is 1.93. The molecule has 1 nitrogen and oxygen atoms in total. The highest BCUT2D eigenvalue weighted by atomic mass is 79.9. The maximum atomic E-state index is 13.1. The average Bonchev–Trinajstić information content (AvgIpc) is 2.35. The van der Waals surface area contributed by atoms with Gasteiger partial charge in [0.05, 0.1) is 0 Å². The molecule has 0 fully saturated rings. The molecule has 0 aliphatic heterocycles. The van der Waals surface area contributed by atoms with Crippen LogP contribution in [0.4, 0.5) is 8.78 Å². The number of aliphatic hydroxyl groups is 1. The Morgan fingerprint density at radius 2 is 1.78 bits per heavy atom. The number of aliphatic hydroxyl groups excluding tert-OH is 1. The fraction of sp³-hybridized carbons (Fsp3) is 0.143. The molecular formula is C14H11BrF2O. The largest absolute Gasteiger partial charge is 0.384 e. The van der Waals surface area contributed by atoms with Crippen LogP contribution in [0.25, 0.3) is 0 Å². The van der Waals surface area contributed by atoms with Gasteiger partial charge in [0.2, 0.25) is 0 Å². The van der Waals surface area contributed by atoms with Crippen LogP contribution in [0.1, 0.15) is 22.8 Å². The lowest BCUT2D eigenvalue weighted by Crippen LogP contribution is -2.02. The van der Waals surface area contributed by atoms with E-state index in [1.165, 1.54) is 6.07 Å². The van der Waals surface area contributed by atoms with Gasteiger partial charge < -0.3 is 5.11 Å². The fourth-order valence-electron chi connectivity index (χ4n) is 1.73. The number of rotatable bonds is 2. The van der Waals surface area contributed by atoms with E-state index < -0.39 is 17.7 Å². The summed E-state index contributed by atoms with van der Waals surface area (Å²) < 4.78 is 26.7. The lowest BCUT2D eigenvalue weighted by molar-refractivity contribution is 0.218. The minimum Gasteiger partial charge on any atom is -0.384 e. The number of hydrogen-bond acceptors (Lipinski definition) is 1. The molecule has 0 aliphatic carbocycles. The molecular weight excluding hydrogens is 302 g/mol. The van der Waals surface area contributed by atoms with E-state index in [0.717, 1.165) is 22.2 Å². The summed E-state index contributed by atoms with van der Waals surface area (Å²) in [6.07, 6.45) is -0.991. The third-order valence-electron chi connectivity index (χ3n) is 2.71. The predicted octanol–water partition coefficient (Wildman–Crippen LogP) is 4.12. The van der Waals surface area contributed by atoms with Crippen LogP contribution in [0.15, 0.2) is 40.9 Å². The zero-order chi connectivity index (χ0) is 13.3. The summed E-state index contributed by atoms with van der Waals surface area (Å²) in [7, 11) is 0. The highest BCUT2D eigenvalue weighted by Crippen LogP contribution is 2.29. The Balaban J connectivity index is 2.44. The van der Waals surface area contributed by atoms with E-state index in [9.17, 15) is 13.9 Å². The summed E-state index contributed by atoms with van der Waals surface area (Å²) in [5.74, 6) is -1.88. The van der Waals surface area contributed by atoms with Gasteiger partial charge in [0, 0.05) is 4.47 Å². The quantitative estimate of drug-likeness (QED) is 0.884. The Morgan fingerprint density at radius 3 is 2.44 bits per heavy atom. The van der Waals surface area contributed by atoms with Gasteiger partial charge in [0.15, 0.2) is 11.6 Å². The van der Waals surface area contributed by atoms with Gasteiger partial charge in [0.25, 0.3) is 0 Å². The molecule has 0 aliphatic rings.